The van der Waals surface area contributed by atoms with Crippen LogP contribution < -0.4 is 10.6 Å². The molecule has 4 rings (SSSR count). The predicted octanol–water partition coefficient (Wildman–Crippen LogP) is 4.05. The number of fused-ring (bicyclic) bond motifs is 1. The van der Waals surface area contributed by atoms with Crippen molar-refractivity contribution in [3.8, 4) is 0 Å². The molecule has 0 radical (unpaired) electrons. The molecule has 1 aliphatic heterocycles. The molecule has 160 valence electrons. The van der Waals surface area contributed by atoms with Crippen molar-refractivity contribution in [3.63, 3.8) is 0 Å². The van der Waals surface area contributed by atoms with Gasteiger partial charge in [-0.15, -0.1) is 0 Å². The minimum absolute atomic E-state index is 0.0597. The number of methoxy groups -OCH3 is 1. The summed E-state index contributed by atoms with van der Waals surface area (Å²) < 4.78 is 4.53. The molecule has 0 atom stereocenters. The Hall–Kier alpha value is -3.68. The highest BCUT2D eigenvalue weighted by molar-refractivity contribution is 6.22. The van der Waals surface area contributed by atoms with E-state index in [0.29, 0.717) is 22.5 Å². The first-order valence-electron chi connectivity index (χ1n) is 10.3. The van der Waals surface area contributed by atoms with Gasteiger partial charge in [-0.2, -0.15) is 0 Å². The monoisotopic (exact) mass is 421 g/mol. The van der Waals surface area contributed by atoms with Crippen LogP contribution in [0.1, 0.15) is 63.2 Å². The maximum absolute atomic E-state index is 12.9. The number of benzene rings is 2. The number of amides is 4. The van der Waals surface area contributed by atoms with E-state index < -0.39 is 12.0 Å². The van der Waals surface area contributed by atoms with Gasteiger partial charge in [-0.05, 0) is 55.3 Å². The average molecular weight is 421 g/mol. The molecule has 31 heavy (non-hydrogen) atoms. The Kier molecular flexibility index (Phi) is 5.70. The van der Waals surface area contributed by atoms with Crippen LogP contribution in [-0.2, 0) is 4.74 Å². The Balaban J connectivity index is 1.48. The maximum Gasteiger partial charge on any atom is 0.411 e. The van der Waals surface area contributed by atoms with Crippen molar-refractivity contribution in [2.75, 3.05) is 17.7 Å². The normalized spacial score (nSPS) is 16.1. The summed E-state index contributed by atoms with van der Waals surface area (Å²) in [5, 5.41) is 5.28. The molecule has 2 aromatic rings. The van der Waals surface area contributed by atoms with E-state index in [2.05, 4.69) is 15.4 Å². The van der Waals surface area contributed by atoms with Crippen LogP contribution in [-0.4, -0.2) is 41.9 Å². The number of nitrogens with zero attached hydrogens (tertiary/aromatic N) is 1. The van der Waals surface area contributed by atoms with Crippen LogP contribution in [0.3, 0.4) is 0 Å². The summed E-state index contributed by atoms with van der Waals surface area (Å²) in [4.78, 5) is 51.0. The summed E-state index contributed by atoms with van der Waals surface area (Å²) in [6, 6.07) is 11.1. The summed E-state index contributed by atoms with van der Waals surface area (Å²) in [6.45, 7) is 0. The van der Waals surface area contributed by atoms with Crippen molar-refractivity contribution < 1.29 is 23.9 Å². The predicted molar refractivity (Wildman–Crippen MR) is 114 cm³/mol. The summed E-state index contributed by atoms with van der Waals surface area (Å²) in [6.07, 6.45) is 4.24. The summed E-state index contributed by atoms with van der Waals surface area (Å²) in [7, 11) is 1.27. The highest BCUT2D eigenvalue weighted by Gasteiger charge is 2.40. The largest absolute Gasteiger partial charge is 0.453 e. The van der Waals surface area contributed by atoms with Gasteiger partial charge in [0.15, 0.2) is 0 Å². The highest BCUT2D eigenvalue weighted by atomic mass is 16.5. The van der Waals surface area contributed by atoms with E-state index in [1.54, 1.807) is 36.4 Å². The summed E-state index contributed by atoms with van der Waals surface area (Å²) >= 11 is 0. The van der Waals surface area contributed by atoms with Gasteiger partial charge in [-0.1, -0.05) is 19.3 Å². The molecule has 2 aliphatic rings. The van der Waals surface area contributed by atoms with Crippen molar-refractivity contribution >= 4 is 35.2 Å². The molecular weight excluding hydrogens is 398 g/mol. The lowest BCUT2D eigenvalue weighted by molar-refractivity contribution is 0.0548. The first kappa shape index (κ1) is 20.6. The zero-order valence-electron chi connectivity index (χ0n) is 17.1. The highest BCUT2D eigenvalue weighted by Crippen LogP contribution is 2.31. The number of nitrogens with one attached hydrogen (secondary N) is 2. The molecule has 2 aromatic carbocycles. The number of ether oxygens (including phenoxy) is 1. The summed E-state index contributed by atoms with van der Waals surface area (Å²) in [5.41, 5.74) is 1.97. The second-order valence-corrected chi connectivity index (χ2v) is 7.68. The molecule has 0 spiro atoms. The van der Waals surface area contributed by atoms with Gasteiger partial charge in [-0.25, -0.2) is 4.79 Å². The number of imide groups is 1. The van der Waals surface area contributed by atoms with Gasteiger partial charge in [0.25, 0.3) is 17.7 Å². The van der Waals surface area contributed by atoms with Gasteiger partial charge in [0.1, 0.15) is 0 Å². The standard InChI is InChI=1S/C23H23N3O5/c1-31-23(30)25-16-10-8-15(9-11-16)24-20(27)14-7-12-18-19(13-14)22(29)26(21(18)28)17-5-3-2-4-6-17/h7-13,17H,2-6H2,1H3,(H,24,27)(H,25,30). The van der Waals surface area contributed by atoms with Crippen LogP contribution in [0.2, 0.25) is 0 Å². The Bertz CT molecular complexity index is 1040. The van der Waals surface area contributed by atoms with Crippen LogP contribution in [0.25, 0.3) is 0 Å². The fraction of sp³-hybridized carbons (Fsp3) is 0.304. The third-order valence-electron chi connectivity index (χ3n) is 5.69. The van der Waals surface area contributed by atoms with E-state index in [9.17, 15) is 19.2 Å². The molecule has 2 N–H and O–H groups in total. The number of rotatable bonds is 4. The van der Waals surface area contributed by atoms with Crippen LogP contribution >= 0.6 is 0 Å². The van der Waals surface area contributed by atoms with E-state index in [4.69, 9.17) is 0 Å². The zero-order valence-corrected chi connectivity index (χ0v) is 17.1. The van der Waals surface area contributed by atoms with Crippen molar-refractivity contribution in [1.82, 2.24) is 4.90 Å². The van der Waals surface area contributed by atoms with E-state index in [1.165, 1.54) is 18.1 Å². The number of carbonyl (C=O) groups excluding carboxylic acids is 4. The second kappa shape index (κ2) is 8.59. The van der Waals surface area contributed by atoms with E-state index in [-0.39, 0.29) is 23.4 Å². The van der Waals surface area contributed by atoms with Crippen molar-refractivity contribution in [3.05, 3.63) is 59.2 Å². The van der Waals surface area contributed by atoms with Gasteiger partial charge in [0.05, 0.1) is 18.2 Å². The zero-order chi connectivity index (χ0) is 22.0. The Morgan fingerprint density at radius 2 is 1.48 bits per heavy atom. The van der Waals surface area contributed by atoms with Crippen molar-refractivity contribution in [2.45, 2.75) is 38.1 Å². The van der Waals surface area contributed by atoms with Crippen molar-refractivity contribution in [1.29, 1.82) is 0 Å². The van der Waals surface area contributed by atoms with Crippen LogP contribution in [0.4, 0.5) is 16.2 Å². The van der Waals surface area contributed by atoms with Crippen LogP contribution in [0.5, 0.6) is 0 Å². The number of anilines is 2. The second-order valence-electron chi connectivity index (χ2n) is 7.68. The van der Waals surface area contributed by atoms with Crippen LogP contribution in [0, 0.1) is 0 Å². The van der Waals surface area contributed by atoms with Gasteiger partial charge in [0, 0.05) is 23.0 Å². The van der Waals surface area contributed by atoms with E-state index in [0.717, 1.165) is 32.1 Å². The fourth-order valence-corrected chi connectivity index (χ4v) is 4.08. The third-order valence-corrected chi connectivity index (χ3v) is 5.69. The lowest BCUT2D eigenvalue weighted by atomic mass is 9.94. The first-order valence-corrected chi connectivity index (χ1v) is 10.3. The smallest absolute Gasteiger partial charge is 0.411 e. The molecule has 8 nitrogen and oxygen atoms in total. The van der Waals surface area contributed by atoms with Gasteiger partial charge < -0.3 is 10.1 Å². The molecule has 0 unspecified atom stereocenters. The Labute approximate surface area is 179 Å². The quantitative estimate of drug-likeness (QED) is 0.725. The van der Waals surface area contributed by atoms with E-state index >= 15 is 0 Å². The fourth-order valence-electron chi connectivity index (χ4n) is 4.08. The molecular formula is C23H23N3O5. The van der Waals surface area contributed by atoms with Gasteiger partial charge >= 0.3 is 6.09 Å². The van der Waals surface area contributed by atoms with Crippen LogP contribution in [0.15, 0.2) is 42.5 Å². The SMILES string of the molecule is COC(=O)Nc1ccc(NC(=O)c2ccc3c(c2)C(=O)N(C2CCCCC2)C3=O)cc1. The lowest BCUT2D eigenvalue weighted by Gasteiger charge is -2.29. The molecule has 4 amide bonds. The first-order chi connectivity index (χ1) is 15.0. The number of hydrogen-bond donors (Lipinski definition) is 2. The lowest BCUT2D eigenvalue weighted by Crippen LogP contribution is -2.40. The molecule has 0 aromatic heterocycles. The minimum atomic E-state index is -0.587. The Morgan fingerprint density at radius 1 is 0.871 bits per heavy atom. The average Bonchev–Trinajstić information content (AvgIpc) is 3.05. The van der Waals surface area contributed by atoms with Gasteiger partial charge in [-0.3, -0.25) is 24.6 Å². The molecule has 0 saturated heterocycles. The van der Waals surface area contributed by atoms with E-state index in [1.807, 2.05) is 0 Å². The third kappa shape index (κ3) is 4.14. The summed E-state index contributed by atoms with van der Waals surface area (Å²) in [5.74, 6) is -0.986. The minimum Gasteiger partial charge on any atom is -0.453 e. The molecule has 1 saturated carbocycles. The van der Waals surface area contributed by atoms with Gasteiger partial charge in [0.2, 0.25) is 0 Å². The number of carbonyl (C=O) groups is 4. The molecule has 8 heteroatoms. The molecule has 1 aliphatic carbocycles. The molecule has 1 heterocycles. The number of hydrogen-bond acceptors (Lipinski definition) is 5. The topological polar surface area (TPSA) is 105 Å². The maximum atomic E-state index is 12.9. The molecule has 0 bridgehead atoms. The Morgan fingerprint density at radius 3 is 2.13 bits per heavy atom. The molecule has 1 fully saturated rings. The van der Waals surface area contributed by atoms with Crippen molar-refractivity contribution in [2.24, 2.45) is 0 Å².